The Bertz CT molecular complexity index is 220. The van der Waals surface area contributed by atoms with Gasteiger partial charge in [0.05, 0.1) is 19.8 Å². The lowest BCUT2D eigenvalue weighted by Gasteiger charge is -2.28. The zero-order valence-corrected chi connectivity index (χ0v) is 11.8. The van der Waals surface area contributed by atoms with E-state index in [4.69, 9.17) is 9.47 Å². The van der Waals surface area contributed by atoms with E-state index >= 15 is 0 Å². The standard InChI is InChI=1S/C14H28N2O2/c1-2-9-18-13-14-3-4-16(12-14)6-5-15-7-10-17-11-8-15/h14H,2-13H2,1H3. The molecule has 2 saturated heterocycles. The minimum Gasteiger partial charge on any atom is -0.381 e. The zero-order chi connectivity index (χ0) is 12.6. The predicted octanol–water partition coefficient (Wildman–Crippen LogP) is 1.07. The van der Waals surface area contributed by atoms with Gasteiger partial charge in [-0.25, -0.2) is 0 Å². The van der Waals surface area contributed by atoms with Gasteiger partial charge in [-0.1, -0.05) is 6.92 Å². The van der Waals surface area contributed by atoms with E-state index in [9.17, 15) is 0 Å². The van der Waals surface area contributed by atoms with Crippen LogP contribution in [0.15, 0.2) is 0 Å². The number of rotatable bonds is 7. The summed E-state index contributed by atoms with van der Waals surface area (Å²) in [6, 6.07) is 0. The van der Waals surface area contributed by atoms with Crippen LogP contribution >= 0.6 is 0 Å². The van der Waals surface area contributed by atoms with E-state index in [1.54, 1.807) is 0 Å². The molecule has 0 aromatic rings. The molecular formula is C14H28N2O2. The quantitative estimate of drug-likeness (QED) is 0.636. The second kappa shape index (κ2) is 8.10. The Kier molecular flexibility index (Phi) is 6.41. The van der Waals surface area contributed by atoms with Crippen molar-refractivity contribution >= 4 is 0 Å². The fourth-order valence-corrected chi connectivity index (χ4v) is 2.75. The fourth-order valence-electron chi connectivity index (χ4n) is 2.75. The van der Waals surface area contributed by atoms with Gasteiger partial charge in [0.15, 0.2) is 0 Å². The predicted molar refractivity (Wildman–Crippen MR) is 72.9 cm³/mol. The number of hydrogen-bond acceptors (Lipinski definition) is 4. The highest BCUT2D eigenvalue weighted by molar-refractivity contribution is 4.76. The third-order valence-corrected chi connectivity index (χ3v) is 3.91. The molecule has 2 rings (SSSR count). The molecule has 0 saturated carbocycles. The third kappa shape index (κ3) is 4.84. The van der Waals surface area contributed by atoms with Crippen molar-refractivity contribution in [2.24, 2.45) is 5.92 Å². The number of ether oxygens (including phenoxy) is 2. The molecule has 2 aliphatic rings. The molecule has 0 aromatic heterocycles. The average Bonchev–Trinajstić information content (AvgIpc) is 2.86. The van der Waals surface area contributed by atoms with Gasteiger partial charge in [-0.15, -0.1) is 0 Å². The summed E-state index contributed by atoms with van der Waals surface area (Å²) in [6.07, 6.45) is 2.44. The summed E-state index contributed by atoms with van der Waals surface area (Å²) in [5, 5.41) is 0. The van der Waals surface area contributed by atoms with E-state index in [0.29, 0.717) is 0 Å². The first kappa shape index (κ1) is 14.3. The summed E-state index contributed by atoms with van der Waals surface area (Å²) in [5.74, 6) is 0.765. The van der Waals surface area contributed by atoms with Crippen LogP contribution in [0, 0.1) is 5.92 Å². The van der Waals surface area contributed by atoms with Crippen LogP contribution in [0.2, 0.25) is 0 Å². The summed E-state index contributed by atoms with van der Waals surface area (Å²) in [4.78, 5) is 5.11. The van der Waals surface area contributed by atoms with E-state index in [1.165, 1.54) is 32.6 Å². The molecule has 18 heavy (non-hydrogen) atoms. The zero-order valence-electron chi connectivity index (χ0n) is 11.8. The summed E-state index contributed by atoms with van der Waals surface area (Å²) in [6.45, 7) is 13.0. The Morgan fingerprint density at radius 1 is 1.11 bits per heavy atom. The average molecular weight is 256 g/mol. The van der Waals surface area contributed by atoms with Crippen LogP contribution in [0.4, 0.5) is 0 Å². The molecule has 0 spiro atoms. The van der Waals surface area contributed by atoms with Gasteiger partial charge in [-0.3, -0.25) is 4.90 Å². The van der Waals surface area contributed by atoms with E-state index in [-0.39, 0.29) is 0 Å². The molecule has 0 radical (unpaired) electrons. The Labute approximate surface area is 111 Å². The van der Waals surface area contributed by atoms with Gasteiger partial charge in [0.2, 0.25) is 0 Å². The molecule has 1 atom stereocenters. The number of hydrogen-bond donors (Lipinski definition) is 0. The smallest absolute Gasteiger partial charge is 0.0594 e. The Morgan fingerprint density at radius 2 is 1.89 bits per heavy atom. The molecule has 4 heteroatoms. The largest absolute Gasteiger partial charge is 0.381 e. The van der Waals surface area contributed by atoms with Crippen molar-refractivity contribution in [1.82, 2.24) is 9.80 Å². The lowest BCUT2D eigenvalue weighted by atomic mass is 10.1. The number of morpholine rings is 1. The lowest BCUT2D eigenvalue weighted by Crippen LogP contribution is -2.41. The maximum absolute atomic E-state index is 5.66. The van der Waals surface area contributed by atoms with Crippen LogP contribution in [0.25, 0.3) is 0 Å². The van der Waals surface area contributed by atoms with Gasteiger partial charge in [0.25, 0.3) is 0 Å². The summed E-state index contributed by atoms with van der Waals surface area (Å²) in [7, 11) is 0. The summed E-state index contributed by atoms with van der Waals surface area (Å²) in [5.41, 5.74) is 0. The van der Waals surface area contributed by atoms with Gasteiger partial charge in [-0.05, 0) is 25.3 Å². The summed E-state index contributed by atoms with van der Waals surface area (Å²) >= 11 is 0. The molecule has 2 fully saturated rings. The first-order chi connectivity index (χ1) is 8.88. The van der Waals surface area contributed by atoms with Crippen LogP contribution in [-0.4, -0.2) is 75.5 Å². The van der Waals surface area contributed by atoms with Gasteiger partial charge in [0, 0.05) is 39.3 Å². The van der Waals surface area contributed by atoms with Crippen molar-refractivity contribution in [3.63, 3.8) is 0 Å². The molecule has 0 bridgehead atoms. The van der Waals surface area contributed by atoms with Crippen molar-refractivity contribution in [3.8, 4) is 0 Å². The monoisotopic (exact) mass is 256 g/mol. The highest BCUT2D eigenvalue weighted by Crippen LogP contribution is 2.16. The fraction of sp³-hybridized carbons (Fsp3) is 1.00. The number of likely N-dealkylation sites (tertiary alicyclic amines) is 1. The van der Waals surface area contributed by atoms with Crippen LogP contribution in [0.1, 0.15) is 19.8 Å². The second-order valence-corrected chi connectivity index (χ2v) is 5.48. The lowest BCUT2D eigenvalue weighted by molar-refractivity contribution is 0.0339. The maximum atomic E-state index is 5.66. The Hall–Kier alpha value is -0.160. The Balaban J connectivity index is 1.54. The molecule has 0 aliphatic carbocycles. The maximum Gasteiger partial charge on any atom is 0.0594 e. The Morgan fingerprint density at radius 3 is 2.67 bits per heavy atom. The van der Waals surface area contributed by atoms with Crippen molar-refractivity contribution in [3.05, 3.63) is 0 Å². The van der Waals surface area contributed by atoms with Gasteiger partial charge in [0.1, 0.15) is 0 Å². The highest BCUT2D eigenvalue weighted by atomic mass is 16.5. The molecular weight excluding hydrogens is 228 g/mol. The van der Waals surface area contributed by atoms with Crippen molar-refractivity contribution in [2.45, 2.75) is 19.8 Å². The summed E-state index contributed by atoms with van der Waals surface area (Å²) < 4.78 is 11.0. The SMILES string of the molecule is CCCOCC1CCN(CCN2CCOCC2)C1. The van der Waals surface area contributed by atoms with Gasteiger partial charge in [-0.2, -0.15) is 0 Å². The molecule has 2 aliphatic heterocycles. The molecule has 1 unspecified atom stereocenters. The first-order valence-corrected chi connectivity index (χ1v) is 7.48. The van der Waals surface area contributed by atoms with Crippen LogP contribution in [-0.2, 0) is 9.47 Å². The topological polar surface area (TPSA) is 24.9 Å². The number of nitrogens with zero attached hydrogens (tertiary/aromatic N) is 2. The molecule has 4 nitrogen and oxygen atoms in total. The highest BCUT2D eigenvalue weighted by Gasteiger charge is 2.22. The molecule has 0 amide bonds. The first-order valence-electron chi connectivity index (χ1n) is 7.48. The van der Waals surface area contributed by atoms with E-state index in [2.05, 4.69) is 16.7 Å². The van der Waals surface area contributed by atoms with E-state index in [1.807, 2.05) is 0 Å². The van der Waals surface area contributed by atoms with Crippen molar-refractivity contribution in [1.29, 1.82) is 0 Å². The van der Waals surface area contributed by atoms with Crippen LogP contribution in [0.5, 0.6) is 0 Å². The molecule has 2 heterocycles. The van der Waals surface area contributed by atoms with Crippen LogP contribution in [0.3, 0.4) is 0 Å². The molecule has 0 aromatic carbocycles. The van der Waals surface area contributed by atoms with Crippen LogP contribution < -0.4 is 0 Å². The van der Waals surface area contributed by atoms with Gasteiger partial charge >= 0.3 is 0 Å². The molecule has 106 valence electrons. The minimum absolute atomic E-state index is 0.765. The normalized spacial score (nSPS) is 26.8. The van der Waals surface area contributed by atoms with E-state index in [0.717, 1.165) is 51.9 Å². The van der Waals surface area contributed by atoms with Crippen molar-refractivity contribution in [2.75, 3.05) is 65.7 Å². The van der Waals surface area contributed by atoms with Crippen molar-refractivity contribution < 1.29 is 9.47 Å². The third-order valence-electron chi connectivity index (χ3n) is 3.91. The molecule has 0 N–H and O–H groups in total. The minimum atomic E-state index is 0.765. The van der Waals surface area contributed by atoms with Gasteiger partial charge < -0.3 is 14.4 Å². The van der Waals surface area contributed by atoms with E-state index < -0.39 is 0 Å². The second-order valence-electron chi connectivity index (χ2n) is 5.48.